The second kappa shape index (κ2) is 5.40. The molecule has 0 spiro atoms. The molecule has 0 atom stereocenters. The molecule has 0 radical (unpaired) electrons. The number of hydrogen-bond donors (Lipinski definition) is 1. The van der Waals surface area contributed by atoms with E-state index in [1.54, 1.807) is 6.92 Å². The zero-order valence-electron chi connectivity index (χ0n) is 12.6. The fourth-order valence-electron chi connectivity index (χ4n) is 1.58. The van der Waals surface area contributed by atoms with E-state index in [4.69, 9.17) is 4.42 Å². The fraction of sp³-hybridized carbons (Fsp3) is 0.538. The quantitative estimate of drug-likeness (QED) is 0.872. The van der Waals surface area contributed by atoms with E-state index in [0.717, 1.165) is 22.2 Å². The van der Waals surface area contributed by atoms with Crippen LogP contribution in [-0.2, 0) is 5.41 Å². The average Bonchev–Trinajstić information content (AvgIpc) is 2.76. The number of aromatic nitrogens is 4. The van der Waals surface area contributed by atoms with Crippen molar-refractivity contribution in [3.63, 3.8) is 0 Å². The van der Waals surface area contributed by atoms with E-state index in [9.17, 15) is 0 Å². The third kappa shape index (κ3) is 3.09. The molecule has 2 rings (SSSR count). The van der Waals surface area contributed by atoms with Gasteiger partial charge in [-0.2, -0.15) is 0 Å². The van der Waals surface area contributed by atoms with Gasteiger partial charge in [0, 0.05) is 24.9 Å². The number of aryl methyl sites for hydroxylation is 1. The van der Waals surface area contributed by atoms with Gasteiger partial charge in [0.05, 0.1) is 0 Å². The lowest BCUT2D eigenvalue weighted by atomic mass is 9.95. The van der Waals surface area contributed by atoms with Crippen LogP contribution >= 0.6 is 11.8 Å². The number of hydrogen-bond acceptors (Lipinski definition) is 7. The molecule has 0 aliphatic rings. The summed E-state index contributed by atoms with van der Waals surface area (Å²) in [6, 6.07) is 0. The van der Waals surface area contributed by atoms with Crippen LogP contribution in [0.15, 0.2) is 14.7 Å². The van der Waals surface area contributed by atoms with Gasteiger partial charge in [-0.15, -0.1) is 10.2 Å². The summed E-state index contributed by atoms with van der Waals surface area (Å²) in [5.74, 6) is 2.15. The fourth-order valence-corrected chi connectivity index (χ4v) is 2.37. The van der Waals surface area contributed by atoms with Crippen LogP contribution in [0, 0.1) is 13.8 Å². The minimum Gasteiger partial charge on any atom is -0.416 e. The Hall–Kier alpha value is -1.63. The predicted molar refractivity (Wildman–Crippen MR) is 78.2 cm³/mol. The first kappa shape index (κ1) is 14.8. The molecule has 0 aliphatic carbocycles. The maximum atomic E-state index is 5.40. The summed E-state index contributed by atoms with van der Waals surface area (Å²) in [5, 5.41) is 12.3. The topological polar surface area (TPSA) is 76.7 Å². The van der Waals surface area contributed by atoms with Gasteiger partial charge in [0.15, 0.2) is 0 Å². The minimum absolute atomic E-state index is 0.126. The molecule has 0 amide bonds. The Kier molecular flexibility index (Phi) is 3.99. The average molecular weight is 293 g/mol. The Morgan fingerprint density at radius 3 is 2.30 bits per heavy atom. The normalized spacial score (nSPS) is 11.7. The number of anilines is 1. The molecular weight excluding hydrogens is 274 g/mol. The molecule has 7 heteroatoms. The van der Waals surface area contributed by atoms with E-state index in [2.05, 4.69) is 46.3 Å². The SMILES string of the molecule is CNc1nc(C(C)(C)C)nc(Sc2nnc(C)o2)c1C. The van der Waals surface area contributed by atoms with E-state index in [1.165, 1.54) is 11.8 Å². The molecule has 0 aliphatic heterocycles. The van der Waals surface area contributed by atoms with Crippen LogP contribution in [0.1, 0.15) is 38.0 Å². The van der Waals surface area contributed by atoms with Gasteiger partial charge in [-0.3, -0.25) is 0 Å². The monoisotopic (exact) mass is 293 g/mol. The highest BCUT2D eigenvalue weighted by Gasteiger charge is 2.22. The molecule has 2 aromatic heterocycles. The maximum Gasteiger partial charge on any atom is 0.282 e. The highest BCUT2D eigenvalue weighted by molar-refractivity contribution is 7.99. The van der Waals surface area contributed by atoms with Crippen LogP contribution in [0.3, 0.4) is 0 Å². The third-order valence-electron chi connectivity index (χ3n) is 2.70. The van der Waals surface area contributed by atoms with Crippen molar-refractivity contribution < 1.29 is 4.42 Å². The van der Waals surface area contributed by atoms with Crippen LogP contribution in [0.5, 0.6) is 0 Å². The molecule has 2 heterocycles. The largest absolute Gasteiger partial charge is 0.416 e. The second-order valence-electron chi connectivity index (χ2n) is 5.52. The molecule has 0 saturated carbocycles. The van der Waals surface area contributed by atoms with Crippen molar-refractivity contribution in [3.8, 4) is 0 Å². The molecule has 2 aromatic rings. The van der Waals surface area contributed by atoms with Crippen LogP contribution in [-0.4, -0.2) is 27.2 Å². The number of nitrogens with zero attached hydrogens (tertiary/aromatic N) is 4. The summed E-state index contributed by atoms with van der Waals surface area (Å²) < 4.78 is 5.40. The Morgan fingerprint density at radius 1 is 1.10 bits per heavy atom. The van der Waals surface area contributed by atoms with Gasteiger partial charge in [-0.05, 0) is 18.7 Å². The first-order valence-corrected chi connectivity index (χ1v) is 7.17. The van der Waals surface area contributed by atoms with Crippen molar-refractivity contribution in [2.75, 3.05) is 12.4 Å². The van der Waals surface area contributed by atoms with Crippen molar-refractivity contribution in [2.45, 2.75) is 50.3 Å². The Balaban J connectivity index is 2.45. The summed E-state index contributed by atoms with van der Waals surface area (Å²) >= 11 is 1.36. The van der Waals surface area contributed by atoms with Gasteiger partial charge < -0.3 is 9.73 Å². The van der Waals surface area contributed by atoms with Gasteiger partial charge in [-0.1, -0.05) is 20.8 Å². The molecule has 0 saturated heterocycles. The molecule has 0 bridgehead atoms. The van der Waals surface area contributed by atoms with E-state index in [-0.39, 0.29) is 5.41 Å². The molecule has 20 heavy (non-hydrogen) atoms. The Bertz CT molecular complexity index is 618. The lowest BCUT2D eigenvalue weighted by Gasteiger charge is -2.19. The van der Waals surface area contributed by atoms with Gasteiger partial charge >= 0.3 is 0 Å². The predicted octanol–water partition coefficient (Wildman–Crippen LogP) is 2.97. The Morgan fingerprint density at radius 2 is 1.80 bits per heavy atom. The number of nitrogens with one attached hydrogen (secondary N) is 1. The summed E-state index contributed by atoms with van der Waals surface area (Å²) in [4.78, 5) is 9.21. The van der Waals surface area contributed by atoms with Gasteiger partial charge in [-0.25, -0.2) is 9.97 Å². The lowest BCUT2D eigenvalue weighted by Crippen LogP contribution is -2.18. The smallest absolute Gasteiger partial charge is 0.282 e. The number of rotatable bonds is 3. The highest BCUT2D eigenvalue weighted by Crippen LogP contribution is 2.32. The summed E-state index contributed by atoms with van der Waals surface area (Å²) in [6.45, 7) is 10.0. The van der Waals surface area contributed by atoms with Crippen molar-refractivity contribution in [1.29, 1.82) is 0 Å². The first-order valence-electron chi connectivity index (χ1n) is 6.36. The maximum absolute atomic E-state index is 5.40. The van der Waals surface area contributed by atoms with Crippen molar-refractivity contribution in [1.82, 2.24) is 20.2 Å². The summed E-state index contributed by atoms with van der Waals surface area (Å²) in [5.41, 5.74) is 0.848. The summed E-state index contributed by atoms with van der Waals surface area (Å²) in [7, 11) is 1.85. The second-order valence-corrected chi connectivity index (χ2v) is 6.46. The summed E-state index contributed by atoms with van der Waals surface area (Å²) in [6.07, 6.45) is 0. The highest BCUT2D eigenvalue weighted by atomic mass is 32.2. The first-order chi connectivity index (χ1) is 9.31. The minimum atomic E-state index is -0.126. The molecule has 6 nitrogen and oxygen atoms in total. The van der Waals surface area contributed by atoms with Crippen LogP contribution in [0.25, 0.3) is 0 Å². The third-order valence-corrected chi connectivity index (χ3v) is 3.63. The van der Waals surface area contributed by atoms with Crippen LogP contribution in [0.2, 0.25) is 0 Å². The van der Waals surface area contributed by atoms with Crippen LogP contribution in [0.4, 0.5) is 5.82 Å². The van der Waals surface area contributed by atoms with E-state index >= 15 is 0 Å². The molecule has 0 fully saturated rings. The zero-order valence-corrected chi connectivity index (χ0v) is 13.4. The van der Waals surface area contributed by atoms with Crippen LogP contribution < -0.4 is 5.32 Å². The molecular formula is C13H19N5OS. The van der Waals surface area contributed by atoms with Crippen molar-refractivity contribution in [3.05, 3.63) is 17.3 Å². The van der Waals surface area contributed by atoms with Gasteiger partial charge in [0.25, 0.3) is 5.22 Å². The standard InChI is InChI=1S/C13H19N5OS/c1-7-9(14-6)15-11(13(3,4)5)16-10(7)20-12-18-17-8(2)19-12/h1-6H3,(H,14,15,16). The van der Waals surface area contributed by atoms with E-state index < -0.39 is 0 Å². The van der Waals surface area contributed by atoms with Crippen molar-refractivity contribution >= 4 is 17.6 Å². The van der Waals surface area contributed by atoms with Gasteiger partial charge in [0.1, 0.15) is 16.7 Å². The molecule has 1 N–H and O–H groups in total. The van der Waals surface area contributed by atoms with E-state index in [1.807, 2.05) is 14.0 Å². The molecule has 108 valence electrons. The zero-order chi connectivity index (χ0) is 14.9. The molecule has 0 unspecified atom stereocenters. The van der Waals surface area contributed by atoms with E-state index in [0.29, 0.717) is 11.1 Å². The molecule has 0 aromatic carbocycles. The van der Waals surface area contributed by atoms with Gasteiger partial charge in [0.2, 0.25) is 5.89 Å². The lowest BCUT2D eigenvalue weighted by molar-refractivity contribution is 0.429. The van der Waals surface area contributed by atoms with Crippen molar-refractivity contribution in [2.24, 2.45) is 0 Å². The Labute approximate surface area is 122 Å².